The minimum atomic E-state index is -0.211. The maximum absolute atomic E-state index is 13.6. The van der Waals surface area contributed by atoms with Crippen LogP contribution < -0.4 is 10.1 Å². The summed E-state index contributed by atoms with van der Waals surface area (Å²) in [7, 11) is 1.99. The molecule has 3 heteroatoms. The van der Waals surface area contributed by atoms with E-state index in [0.717, 1.165) is 30.6 Å². The quantitative estimate of drug-likeness (QED) is 0.869. The Labute approximate surface area is 127 Å². The van der Waals surface area contributed by atoms with Gasteiger partial charge in [0, 0.05) is 24.1 Å². The standard InChI is InChI=1S/C18H26FNO/c1-12(2)13-5-4-8-18(10-13)11-16(20-3)15-7-6-14(19)9-17(15)21-18/h6-7,9,12-13,16,20H,4-5,8,10-11H2,1-3H3. The van der Waals surface area contributed by atoms with Crippen molar-refractivity contribution in [1.82, 2.24) is 5.32 Å². The molecule has 3 rings (SSSR count). The van der Waals surface area contributed by atoms with Crippen molar-refractivity contribution in [3.8, 4) is 5.75 Å². The Morgan fingerprint density at radius 2 is 2.14 bits per heavy atom. The Hall–Kier alpha value is -1.09. The van der Waals surface area contributed by atoms with Crippen LogP contribution in [0.5, 0.6) is 5.75 Å². The molecule has 1 fully saturated rings. The van der Waals surface area contributed by atoms with Crippen molar-refractivity contribution in [3.63, 3.8) is 0 Å². The molecule has 1 aliphatic carbocycles. The van der Waals surface area contributed by atoms with E-state index in [4.69, 9.17) is 4.74 Å². The minimum Gasteiger partial charge on any atom is -0.487 e. The van der Waals surface area contributed by atoms with E-state index in [9.17, 15) is 4.39 Å². The van der Waals surface area contributed by atoms with Gasteiger partial charge in [-0.25, -0.2) is 4.39 Å². The molecule has 3 unspecified atom stereocenters. The Bertz CT molecular complexity index is 516. The summed E-state index contributed by atoms with van der Waals surface area (Å²) in [4.78, 5) is 0. The molecule has 1 aromatic carbocycles. The average molecular weight is 291 g/mol. The Morgan fingerprint density at radius 1 is 1.33 bits per heavy atom. The van der Waals surface area contributed by atoms with Gasteiger partial charge in [0.05, 0.1) is 0 Å². The maximum Gasteiger partial charge on any atom is 0.127 e. The van der Waals surface area contributed by atoms with Gasteiger partial charge in [0.1, 0.15) is 17.2 Å². The Kier molecular flexibility index (Phi) is 3.96. The largest absolute Gasteiger partial charge is 0.487 e. The lowest BCUT2D eigenvalue weighted by Crippen LogP contribution is -2.47. The van der Waals surface area contributed by atoms with Crippen molar-refractivity contribution in [2.24, 2.45) is 11.8 Å². The highest BCUT2D eigenvalue weighted by atomic mass is 19.1. The molecule has 1 spiro atoms. The van der Waals surface area contributed by atoms with Gasteiger partial charge in [-0.3, -0.25) is 0 Å². The normalized spacial score (nSPS) is 32.0. The van der Waals surface area contributed by atoms with Gasteiger partial charge < -0.3 is 10.1 Å². The molecule has 0 radical (unpaired) electrons. The van der Waals surface area contributed by atoms with Crippen molar-refractivity contribution in [2.75, 3.05) is 7.05 Å². The molecule has 1 heterocycles. The third-order valence-electron chi connectivity index (χ3n) is 5.39. The van der Waals surface area contributed by atoms with Gasteiger partial charge >= 0.3 is 0 Å². The molecule has 0 aromatic heterocycles. The van der Waals surface area contributed by atoms with E-state index in [0.29, 0.717) is 11.8 Å². The lowest BCUT2D eigenvalue weighted by atomic mass is 9.70. The van der Waals surface area contributed by atoms with Gasteiger partial charge in [-0.05, 0) is 50.6 Å². The first-order valence-corrected chi connectivity index (χ1v) is 8.19. The molecule has 1 aliphatic heterocycles. The molecule has 21 heavy (non-hydrogen) atoms. The molecule has 0 amide bonds. The zero-order chi connectivity index (χ0) is 15.0. The van der Waals surface area contributed by atoms with Crippen LogP contribution in [0.15, 0.2) is 18.2 Å². The summed E-state index contributed by atoms with van der Waals surface area (Å²) in [5, 5.41) is 3.39. The van der Waals surface area contributed by atoms with Crippen LogP contribution in [0.3, 0.4) is 0 Å². The molecule has 2 aliphatic rings. The van der Waals surface area contributed by atoms with E-state index in [1.807, 2.05) is 13.1 Å². The predicted molar refractivity (Wildman–Crippen MR) is 83.0 cm³/mol. The second-order valence-electron chi connectivity index (χ2n) is 7.11. The predicted octanol–water partition coefficient (Wildman–Crippen LogP) is 4.45. The van der Waals surface area contributed by atoms with Gasteiger partial charge in [0.25, 0.3) is 0 Å². The number of benzene rings is 1. The SMILES string of the molecule is CNC1CC2(CCCC(C(C)C)C2)Oc2cc(F)ccc21. The molecule has 3 atom stereocenters. The second kappa shape index (κ2) is 5.60. The summed E-state index contributed by atoms with van der Waals surface area (Å²) in [5.41, 5.74) is 0.984. The number of hydrogen-bond acceptors (Lipinski definition) is 2. The summed E-state index contributed by atoms with van der Waals surface area (Å²) in [6.45, 7) is 4.60. The third-order valence-corrected chi connectivity index (χ3v) is 5.39. The molecule has 0 bridgehead atoms. The minimum absolute atomic E-state index is 0.109. The maximum atomic E-state index is 13.6. The fourth-order valence-electron chi connectivity index (χ4n) is 4.11. The van der Waals surface area contributed by atoms with Gasteiger partial charge in [-0.15, -0.1) is 0 Å². The van der Waals surface area contributed by atoms with Crippen LogP contribution in [0.2, 0.25) is 0 Å². The van der Waals surface area contributed by atoms with E-state index in [2.05, 4.69) is 19.2 Å². The third kappa shape index (κ3) is 2.80. The van der Waals surface area contributed by atoms with Crippen molar-refractivity contribution in [1.29, 1.82) is 0 Å². The smallest absolute Gasteiger partial charge is 0.127 e. The Morgan fingerprint density at radius 3 is 2.86 bits per heavy atom. The first-order chi connectivity index (χ1) is 10.0. The highest BCUT2D eigenvalue weighted by molar-refractivity contribution is 5.39. The molecular formula is C18H26FNO. The summed E-state index contributed by atoms with van der Waals surface area (Å²) < 4.78 is 20.0. The molecular weight excluding hydrogens is 265 g/mol. The van der Waals surface area contributed by atoms with Crippen molar-refractivity contribution in [3.05, 3.63) is 29.6 Å². The topological polar surface area (TPSA) is 21.3 Å². The van der Waals surface area contributed by atoms with Crippen LogP contribution in [0, 0.1) is 17.7 Å². The number of nitrogens with one attached hydrogen (secondary N) is 1. The second-order valence-corrected chi connectivity index (χ2v) is 7.11. The summed E-state index contributed by atoms with van der Waals surface area (Å²) in [5.74, 6) is 1.93. The fraction of sp³-hybridized carbons (Fsp3) is 0.667. The van der Waals surface area contributed by atoms with Crippen LogP contribution in [0.25, 0.3) is 0 Å². The molecule has 1 N–H and O–H groups in total. The zero-order valence-electron chi connectivity index (χ0n) is 13.3. The number of rotatable bonds is 2. The monoisotopic (exact) mass is 291 g/mol. The van der Waals surface area contributed by atoms with E-state index >= 15 is 0 Å². The summed E-state index contributed by atoms with van der Waals surface area (Å²) >= 11 is 0. The van der Waals surface area contributed by atoms with Crippen molar-refractivity contribution >= 4 is 0 Å². The molecule has 1 saturated carbocycles. The van der Waals surface area contributed by atoms with Gasteiger partial charge in [-0.2, -0.15) is 0 Å². The highest BCUT2D eigenvalue weighted by Crippen LogP contribution is 2.48. The zero-order valence-corrected chi connectivity index (χ0v) is 13.3. The number of halogens is 1. The van der Waals surface area contributed by atoms with E-state index in [-0.39, 0.29) is 17.5 Å². The lowest BCUT2D eigenvalue weighted by molar-refractivity contribution is -0.0281. The van der Waals surface area contributed by atoms with Crippen LogP contribution in [-0.2, 0) is 0 Å². The molecule has 0 saturated heterocycles. The number of ether oxygens (including phenoxy) is 1. The molecule has 1 aromatic rings. The molecule has 2 nitrogen and oxygen atoms in total. The number of fused-ring (bicyclic) bond motifs is 1. The summed E-state index contributed by atoms with van der Waals surface area (Å²) in [6.07, 6.45) is 5.68. The van der Waals surface area contributed by atoms with Crippen molar-refractivity contribution < 1.29 is 9.13 Å². The summed E-state index contributed by atoms with van der Waals surface area (Å²) in [6, 6.07) is 5.21. The van der Waals surface area contributed by atoms with Gasteiger partial charge in [0.15, 0.2) is 0 Å². The van der Waals surface area contributed by atoms with E-state index < -0.39 is 0 Å². The number of hydrogen-bond donors (Lipinski definition) is 1. The average Bonchev–Trinajstić information content (AvgIpc) is 2.46. The van der Waals surface area contributed by atoms with Gasteiger partial charge in [0.2, 0.25) is 0 Å². The first-order valence-electron chi connectivity index (χ1n) is 8.19. The first kappa shape index (κ1) is 14.8. The molecule has 116 valence electrons. The Balaban J connectivity index is 1.92. The highest BCUT2D eigenvalue weighted by Gasteiger charge is 2.44. The van der Waals surface area contributed by atoms with Gasteiger partial charge in [-0.1, -0.05) is 19.9 Å². The van der Waals surface area contributed by atoms with Crippen LogP contribution >= 0.6 is 0 Å². The van der Waals surface area contributed by atoms with E-state index in [1.54, 1.807) is 6.07 Å². The van der Waals surface area contributed by atoms with Crippen molar-refractivity contribution in [2.45, 2.75) is 57.6 Å². The fourth-order valence-corrected chi connectivity index (χ4v) is 4.11. The lowest BCUT2D eigenvalue weighted by Gasteiger charge is -2.47. The van der Waals surface area contributed by atoms with Crippen LogP contribution in [-0.4, -0.2) is 12.6 Å². The van der Waals surface area contributed by atoms with Crippen LogP contribution in [0.1, 0.15) is 57.6 Å². The van der Waals surface area contributed by atoms with Crippen LogP contribution in [0.4, 0.5) is 4.39 Å². The van der Waals surface area contributed by atoms with E-state index in [1.165, 1.54) is 18.9 Å².